The molecule has 0 unspecified atom stereocenters. The lowest BCUT2D eigenvalue weighted by Gasteiger charge is -2.41. The third-order valence-corrected chi connectivity index (χ3v) is 5.90. The number of rotatable bonds is 5. The Morgan fingerprint density at radius 2 is 2.03 bits per heavy atom. The van der Waals surface area contributed by atoms with Crippen LogP contribution in [0, 0.1) is 0 Å². The van der Waals surface area contributed by atoms with Crippen LogP contribution in [0.1, 0.15) is 18.3 Å². The molecule has 0 saturated carbocycles. The van der Waals surface area contributed by atoms with E-state index >= 15 is 0 Å². The summed E-state index contributed by atoms with van der Waals surface area (Å²) in [5.41, 5.74) is 5.18. The summed E-state index contributed by atoms with van der Waals surface area (Å²) in [4.78, 5) is 16.6. The monoisotopic (exact) mass is 479 g/mol. The summed E-state index contributed by atoms with van der Waals surface area (Å²) in [5.74, 6) is 0.194. The molecular formula is C19H22Cl2F3N5O2. The number of aromatic nitrogens is 2. The average molecular weight is 480 g/mol. The van der Waals surface area contributed by atoms with Crippen LogP contribution in [0.4, 0.5) is 18.9 Å². The zero-order valence-corrected chi connectivity index (χ0v) is 18.4. The van der Waals surface area contributed by atoms with Gasteiger partial charge in [0.05, 0.1) is 22.8 Å². The lowest BCUT2D eigenvalue weighted by atomic mass is 10.1. The highest BCUT2D eigenvalue weighted by Crippen LogP contribution is 2.35. The van der Waals surface area contributed by atoms with E-state index in [-0.39, 0.29) is 30.7 Å². The van der Waals surface area contributed by atoms with E-state index in [1.807, 2.05) is 19.1 Å². The highest BCUT2D eigenvalue weighted by Gasteiger charge is 2.39. The van der Waals surface area contributed by atoms with Gasteiger partial charge in [0.25, 0.3) is 0 Å². The largest absolute Gasteiger partial charge is 0.495 e. The Hall–Kier alpha value is -2.17. The second kappa shape index (κ2) is 9.13. The van der Waals surface area contributed by atoms with E-state index < -0.39 is 16.9 Å². The minimum absolute atomic E-state index is 0.0260. The molecule has 0 radical (unpaired) electrons. The fraction of sp³-hybridized carbons (Fsp3) is 0.474. The number of hydrogen-bond acceptors (Lipinski definition) is 5. The SMILES string of the molecule is COc1cc(N2CCN(C(=O)Cn3nc(C(F)(F)F)c(Cl)c3CN)[C@@H](C)C2)ccc1Cl. The second-order valence-corrected chi connectivity index (χ2v) is 7.95. The zero-order chi connectivity index (χ0) is 22.9. The van der Waals surface area contributed by atoms with E-state index in [1.165, 1.54) is 7.11 Å². The van der Waals surface area contributed by atoms with E-state index in [1.54, 1.807) is 11.0 Å². The van der Waals surface area contributed by atoms with Crippen molar-refractivity contribution in [2.75, 3.05) is 31.6 Å². The molecule has 1 amide bonds. The Kier molecular flexibility index (Phi) is 6.92. The van der Waals surface area contributed by atoms with Crippen LogP contribution in [0.2, 0.25) is 10.0 Å². The van der Waals surface area contributed by atoms with Crippen LogP contribution in [-0.2, 0) is 24.1 Å². The van der Waals surface area contributed by atoms with Gasteiger partial charge in [0.1, 0.15) is 12.3 Å². The third-order valence-electron chi connectivity index (χ3n) is 5.19. The van der Waals surface area contributed by atoms with Gasteiger partial charge in [-0.3, -0.25) is 9.48 Å². The maximum atomic E-state index is 13.1. The Morgan fingerprint density at radius 1 is 1.32 bits per heavy atom. The third kappa shape index (κ3) is 4.86. The first kappa shape index (κ1) is 23.5. The molecule has 1 aliphatic heterocycles. The first-order valence-electron chi connectivity index (χ1n) is 9.47. The number of amides is 1. The number of hydrogen-bond donors (Lipinski definition) is 1. The molecule has 7 nitrogen and oxygen atoms in total. The summed E-state index contributed by atoms with van der Waals surface area (Å²) in [7, 11) is 1.53. The van der Waals surface area contributed by atoms with Gasteiger partial charge < -0.3 is 20.3 Å². The molecule has 1 fully saturated rings. The van der Waals surface area contributed by atoms with Crippen LogP contribution in [-0.4, -0.2) is 53.4 Å². The molecule has 1 atom stereocenters. The molecule has 2 aromatic rings. The van der Waals surface area contributed by atoms with Crippen molar-refractivity contribution in [2.45, 2.75) is 32.2 Å². The summed E-state index contributed by atoms with van der Waals surface area (Å²) >= 11 is 11.9. The van der Waals surface area contributed by atoms with Gasteiger partial charge in [-0.1, -0.05) is 23.2 Å². The molecule has 170 valence electrons. The van der Waals surface area contributed by atoms with Gasteiger partial charge in [0, 0.05) is 44.0 Å². The molecule has 1 aliphatic rings. The number of benzene rings is 1. The summed E-state index contributed by atoms with van der Waals surface area (Å²) in [6.07, 6.45) is -4.73. The molecule has 1 aromatic heterocycles. The number of carbonyl (C=O) groups excluding carboxylic acids is 1. The Labute approximate surface area is 187 Å². The van der Waals surface area contributed by atoms with Gasteiger partial charge in [-0.25, -0.2) is 0 Å². The summed E-state index contributed by atoms with van der Waals surface area (Å²) < 4.78 is 45.5. The summed E-state index contributed by atoms with van der Waals surface area (Å²) in [5, 5.41) is 3.43. The quantitative estimate of drug-likeness (QED) is 0.710. The van der Waals surface area contributed by atoms with Crippen molar-refractivity contribution in [3.63, 3.8) is 0 Å². The minimum atomic E-state index is -4.73. The fourth-order valence-electron chi connectivity index (χ4n) is 3.61. The molecule has 1 saturated heterocycles. The van der Waals surface area contributed by atoms with Crippen molar-refractivity contribution in [3.8, 4) is 5.75 Å². The lowest BCUT2D eigenvalue weighted by molar-refractivity contribution is -0.142. The van der Waals surface area contributed by atoms with Crippen molar-refractivity contribution in [3.05, 3.63) is 39.6 Å². The smallest absolute Gasteiger partial charge is 0.436 e. The Morgan fingerprint density at radius 3 is 2.61 bits per heavy atom. The van der Waals surface area contributed by atoms with Gasteiger partial charge in [-0.05, 0) is 19.1 Å². The molecule has 0 aliphatic carbocycles. The van der Waals surface area contributed by atoms with E-state index in [0.29, 0.717) is 30.4 Å². The van der Waals surface area contributed by atoms with E-state index in [4.69, 9.17) is 33.7 Å². The first-order chi connectivity index (χ1) is 14.6. The van der Waals surface area contributed by atoms with Crippen molar-refractivity contribution >= 4 is 34.8 Å². The molecule has 12 heteroatoms. The number of halogens is 5. The Bertz CT molecular complexity index is 967. The van der Waals surface area contributed by atoms with Crippen molar-refractivity contribution in [1.82, 2.24) is 14.7 Å². The molecule has 0 spiro atoms. The predicted octanol–water partition coefficient (Wildman–Crippen LogP) is 3.41. The van der Waals surface area contributed by atoms with Crippen LogP contribution < -0.4 is 15.4 Å². The second-order valence-electron chi connectivity index (χ2n) is 7.17. The molecular weight excluding hydrogens is 458 g/mol. The predicted molar refractivity (Wildman–Crippen MR) is 112 cm³/mol. The highest BCUT2D eigenvalue weighted by atomic mass is 35.5. The van der Waals surface area contributed by atoms with Crippen molar-refractivity contribution in [2.24, 2.45) is 5.73 Å². The average Bonchev–Trinajstić information content (AvgIpc) is 3.03. The van der Waals surface area contributed by atoms with Gasteiger partial charge in [0.15, 0.2) is 5.69 Å². The minimum Gasteiger partial charge on any atom is -0.495 e. The normalized spacial score (nSPS) is 17.2. The maximum Gasteiger partial charge on any atom is 0.436 e. The number of nitrogens with two attached hydrogens (primary N) is 1. The number of piperazine rings is 1. The van der Waals surface area contributed by atoms with Gasteiger partial charge in [0.2, 0.25) is 5.91 Å². The molecule has 2 N–H and O–H groups in total. The zero-order valence-electron chi connectivity index (χ0n) is 16.9. The van der Waals surface area contributed by atoms with Gasteiger partial charge in [-0.2, -0.15) is 18.3 Å². The van der Waals surface area contributed by atoms with Crippen LogP contribution in [0.5, 0.6) is 5.75 Å². The summed E-state index contributed by atoms with van der Waals surface area (Å²) in [6.45, 7) is 2.70. The van der Waals surface area contributed by atoms with Crippen LogP contribution in [0.15, 0.2) is 18.2 Å². The number of nitrogens with zero attached hydrogens (tertiary/aromatic N) is 4. The summed E-state index contributed by atoms with van der Waals surface area (Å²) in [6, 6.07) is 5.25. The molecule has 31 heavy (non-hydrogen) atoms. The van der Waals surface area contributed by atoms with E-state index in [2.05, 4.69) is 10.00 Å². The van der Waals surface area contributed by atoms with Crippen molar-refractivity contribution in [1.29, 1.82) is 0 Å². The number of ether oxygens (including phenoxy) is 1. The van der Waals surface area contributed by atoms with Crippen LogP contribution in [0.25, 0.3) is 0 Å². The van der Waals surface area contributed by atoms with E-state index in [9.17, 15) is 18.0 Å². The molecule has 3 rings (SSSR count). The number of anilines is 1. The molecule has 0 bridgehead atoms. The van der Waals surface area contributed by atoms with Crippen molar-refractivity contribution < 1.29 is 22.7 Å². The fourth-order valence-corrected chi connectivity index (χ4v) is 4.12. The molecule has 2 heterocycles. The standard InChI is InChI=1S/C19H22Cl2F3N5O2/c1-11-9-27(12-3-4-13(20)15(7-12)31-2)5-6-28(11)16(30)10-29-14(8-25)17(21)18(26-29)19(22,23)24/h3-4,7,11H,5-6,8-10,25H2,1-2H3/t11-/m0/s1. The topological polar surface area (TPSA) is 76.6 Å². The van der Waals surface area contributed by atoms with Gasteiger partial charge >= 0.3 is 6.18 Å². The Balaban J connectivity index is 1.72. The van der Waals surface area contributed by atoms with Crippen LogP contribution in [0.3, 0.4) is 0 Å². The van der Waals surface area contributed by atoms with Crippen LogP contribution >= 0.6 is 23.2 Å². The number of alkyl halides is 3. The number of methoxy groups -OCH3 is 1. The van der Waals surface area contributed by atoms with E-state index in [0.717, 1.165) is 10.4 Å². The first-order valence-corrected chi connectivity index (χ1v) is 10.2. The molecule has 1 aromatic carbocycles. The maximum absolute atomic E-state index is 13.1. The highest BCUT2D eigenvalue weighted by molar-refractivity contribution is 6.32. The lowest BCUT2D eigenvalue weighted by Crippen LogP contribution is -2.55. The number of carbonyl (C=O) groups is 1. The van der Waals surface area contributed by atoms with Gasteiger partial charge in [-0.15, -0.1) is 0 Å².